The third-order valence-corrected chi connectivity index (χ3v) is 2.56. The van der Waals surface area contributed by atoms with Crippen LogP contribution in [-0.4, -0.2) is 42.3 Å². The van der Waals surface area contributed by atoms with Crippen molar-refractivity contribution in [1.82, 2.24) is 5.32 Å². The number of nitrogens with one attached hydrogen (secondary N) is 1. The van der Waals surface area contributed by atoms with Crippen molar-refractivity contribution in [1.29, 1.82) is 0 Å². The minimum absolute atomic E-state index is 0.0939. The van der Waals surface area contributed by atoms with Gasteiger partial charge in [0.1, 0.15) is 5.56 Å². The second kappa shape index (κ2) is 7.03. The van der Waals surface area contributed by atoms with Crippen LogP contribution in [0, 0.1) is 10.1 Å². The SMILES string of the molecule is COCC(CO)NC(=O)c1cc(Cl)ccc1[N+](=O)[O-]. The number of nitro benzene ring substituents is 1. The summed E-state index contributed by atoms with van der Waals surface area (Å²) >= 11 is 5.72. The molecule has 0 bridgehead atoms. The molecule has 0 aliphatic rings. The largest absolute Gasteiger partial charge is 0.394 e. The van der Waals surface area contributed by atoms with Crippen molar-refractivity contribution in [3.05, 3.63) is 38.9 Å². The number of nitrogens with zero attached hydrogens (tertiary/aromatic N) is 1. The van der Waals surface area contributed by atoms with E-state index in [0.717, 1.165) is 6.07 Å². The maximum atomic E-state index is 11.9. The van der Waals surface area contributed by atoms with E-state index < -0.39 is 16.9 Å². The number of aliphatic hydroxyl groups excluding tert-OH is 1. The van der Waals surface area contributed by atoms with Gasteiger partial charge in [-0.15, -0.1) is 0 Å². The van der Waals surface area contributed by atoms with E-state index >= 15 is 0 Å². The second-order valence-electron chi connectivity index (χ2n) is 3.73. The molecule has 1 amide bonds. The van der Waals surface area contributed by atoms with Crippen molar-refractivity contribution in [3.63, 3.8) is 0 Å². The number of amides is 1. The van der Waals surface area contributed by atoms with Crippen LogP contribution in [0.25, 0.3) is 0 Å². The van der Waals surface area contributed by atoms with Crippen LogP contribution in [0.4, 0.5) is 5.69 Å². The number of aliphatic hydroxyl groups is 1. The lowest BCUT2D eigenvalue weighted by molar-refractivity contribution is -0.385. The second-order valence-corrected chi connectivity index (χ2v) is 4.16. The molecule has 2 N–H and O–H groups in total. The van der Waals surface area contributed by atoms with E-state index in [1.54, 1.807) is 0 Å². The Morgan fingerprint density at radius 1 is 1.63 bits per heavy atom. The first-order valence-electron chi connectivity index (χ1n) is 5.34. The number of nitro groups is 1. The Morgan fingerprint density at radius 2 is 2.32 bits per heavy atom. The Hall–Kier alpha value is -1.70. The summed E-state index contributed by atoms with van der Waals surface area (Å²) in [6.07, 6.45) is 0. The van der Waals surface area contributed by atoms with Crippen molar-refractivity contribution in [2.75, 3.05) is 20.3 Å². The summed E-state index contributed by atoms with van der Waals surface area (Å²) in [5.74, 6) is -0.690. The number of hydrogen-bond acceptors (Lipinski definition) is 5. The summed E-state index contributed by atoms with van der Waals surface area (Å²) in [6.45, 7) is -0.245. The molecule has 0 heterocycles. The number of carbonyl (C=O) groups excluding carboxylic acids is 1. The summed E-state index contributed by atoms with van der Waals surface area (Å²) in [6, 6.07) is 3.04. The number of methoxy groups -OCH3 is 1. The summed E-state index contributed by atoms with van der Waals surface area (Å²) in [7, 11) is 1.41. The lowest BCUT2D eigenvalue weighted by Crippen LogP contribution is -2.40. The Balaban J connectivity index is 2.98. The van der Waals surface area contributed by atoms with Crippen LogP contribution in [0.3, 0.4) is 0 Å². The standard InChI is InChI=1S/C11H13ClN2O5/c1-19-6-8(5-15)13-11(16)9-4-7(12)2-3-10(9)14(17)18/h2-4,8,15H,5-6H2,1H3,(H,13,16). The van der Waals surface area contributed by atoms with Crippen LogP contribution in [0.15, 0.2) is 18.2 Å². The molecule has 8 heteroatoms. The van der Waals surface area contributed by atoms with Crippen molar-refractivity contribution >= 4 is 23.2 Å². The molecule has 0 radical (unpaired) electrons. The molecule has 0 saturated heterocycles. The highest BCUT2D eigenvalue weighted by atomic mass is 35.5. The quantitative estimate of drug-likeness (QED) is 0.600. The minimum Gasteiger partial charge on any atom is -0.394 e. The van der Waals surface area contributed by atoms with Crippen LogP contribution < -0.4 is 5.32 Å². The molecule has 0 spiro atoms. The molecule has 0 aromatic heterocycles. The Bertz CT molecular complexity index is 480. The van der Waals surface area contributed by atoms with E-state index in [1.807, 2.05) is 0 Å². The van der Waals surface area contributed by atoms with Crippen molar-refractivity contribution in [3.8, 4) is 0 Å². The highest BCUT2D eigenvalue weighted by Gasteiger charge is 2.22. The molecule has 0 aliphatic carbocycles. The molecule has 0 aliphatic heterocycles. The van der Waals surface area contributed by atoms with Gasteiger partial charge < -0.3 is 15.2 Å². The number of benzene rings is 1. The van der Waals surface area contributed by atoms with Gasteiger partial charge in [-0.3, -0.25) is 14.9 Å². The van der Waals surface area contributed by atoms with Gasteiger partial charge in [0.25, 0.3) is 11.6 Å². The normalized spacial score (nSPS) is 11.9. The molecule has 19 heavy (non-hydrogen) atoms. The van der Waals surface area contributed by atoms with Gasteiger partial charge in [0.05, 0.1) is 24.2 Å². The third-order valence-electron chi connectivity index (χ3n) is 2.32. The number of rotatable bonds is 6. The minimum atomic E-state index is -0.690. The van der Waals surface area contributed by atoms with Gasteiger partial charge in [0.15, 0.2) is 0 Å². The van der Waals surface area contributed by atoms with Gasteiger partial charge in [-0.25, -0.2) is 0 Å². The summed E-state index contributed by atoms with van der Waals surface area (Å²) in [4.78, 5) is 22.1. The number of halogens is 1. The topological polar surface area (TPSA) is 102 Å². The molecule has 1 aromatic rings. The monoisotopic (exact) mass is 288 g/mol. The predicted molar refractivity (Wildman–Crippen MR) is 68.3 cm³/mol. The molecule has 0 fully saturated rings. The average Bonchev–Trinajstić information content (AvgIpc) is 2.37. The van der Waals surface area contributed by atoms with Crippen molar-refractivity contribution in [2.24, 2.45) is 0 Å². The fourth-order valence-corrected chi connectivity index (χ4v) is 1.63. The molecule has 0 saturated carbocycles. The van der Waals surface area contributed by atoms with E-state index in [4.69, 9.17) is 21.4 Å². The van der Waals surface area contributed by atoms with Crippen molar-refractivity contribution in [2.45, 2.75) is 6.04 Å². The fourth-order valence-electron chi connectivity index (χ4n) is 1.45. The first-order chi connectivity index (χ1) is 8.99. The van der Waals surface area contributed by atoms with Crippen LogP contribution >= 0.6 is 11.6 Å². The van der Waals surface area contributed by atoms with E-state index in [-0.39, 0.29) is 29.5 Å². The van der Waals surface area contributed by atoms with E-state index in [1.165, 1.54) is 19.2 Å². The number of carbonyl (C=O) groups is 1. The summed E-state index contributed by atoms with van der Waals surface area (Å²) in [5, 5.41) is 22.5. The zero-order valence-corrected chi connectivity index (χ0v) is 10.9. The van der Waals surface area contributed by atoms with E-state index in [2.05, 4.69) is 5.32 Å². The number of ether oxygens (including phenoxy) is 1. The molecule has 1 aromatic carbocycles. The highest BCUT2D eigenvalue weighted by Crippen LogP contribution is 2.22. The van der Waals surface area contributed by atoms with E-state index in [9.17, 15) is 14.9 Å². The third kappa shape index (κ3) is 4.16. The smallest absolute Gasteiger partial charge is 0.282 e. The molecule has 1 unspecified atom stereocenters. The first kappa shape index (κ1) is 15.4. The predicted octanol–water partition coefficient (Wildman–Crippen LogP) is 0.985. The lowest BCUT2D eigenvalue weighted by atomic mass is 10.1. The molecule has 104 valence electrons. The highest BCUT2D eigenvalue weighted by molar-refractivity contribution is 6.31. The molecule has 1 atom stereocenters. The van der Waals surface area contributed by atoms with Gasteiger partial charge in [0.2, 0.25) is 0 Å². The fraction of sp³-hybridized carbons (Fsp3) is 0.364. The van der Waals surface area contributed by atoms with Gasteiger partial charge >= 0.3 is 0 Å². The van der Waals surface area contributed by atoms with E-state index in [0.29, 0.717) is 0 Å². The maximum absolute atomic E-state index is 11.9. The van der Waals surface area contributed by atoms with Gasteiger partial charge in [-0.2, -0.15) is 0 Å². The van der Waals surface area contributed by atoms with Crippen LogP contribution in [0.5, 0.6) is 0 Å². The van der Waals surface area contributed by atoms with Crippen LogP contribution in [0.2, 0.25) is 5.02 Å². The molecular weight excluding hydrogens is 276 g/mol. The van der Waals surface area contributed by atoms with Gasteiger partial charge in [-0.1, -0.05) is 11.6 Å². The zero-order valence-electron chi connectivity index (χ0n) is 10.1. The van der Waals surface area contributed by atoms with Crippen LogP contribution in [0.1, 0.15) is 10.4 Å². The Kier molecular flexibility index (Phi) is 5.68. The first-order valence-corrected chi connectivity index (χ1v) is 5.72. The summed E-state index contributed by atoms with van der Waals surface area (Å²) in [5.41, 5.74) is -0.511. The molecule has 7 nitrogen and oxygen atoms in total. The Morgan fingerprint density at radius 3 is 2.84 bits per heavy atom. The average molecular weight is 289 g/mol. The maximum Gasteiger partial charge on any atom is 0.282 e. The zero-order chi connectivity index (χ0) is 14.4. The van der Waals surface area contributed by atoms with Gasteiger partial charge in [0, 0.05) is 18.2 Å². The summed E-state index contributed by atoms with van der Waals surface area (Å²) < 4.78 is 4.80. The number of hydrogen-bond donors (Lipinski definition) is 2. The lowest BCUT2D eigenvalue weighted by Gasteiger charge is -2.15. The Labute approximate surface area is 114 Å². The molecule has 1 rings (SSSR count). The van der Waals surface area contributed by atoms with Crippen molar-refractivity contribution < 1.29 is 19.6 Å². The van der Waals surface area contributed by atoms with Gasteiger partial charge in [-0.05, 0) is 12.1 Å². The molecular formula is C11H13ClN2O5. The van der Waals surface area contributed by atoms with Crippen LogP contribution in [-0.2, 0) is 4.74 Å².